The first-order valence-electron chi connectivity index (χ1n) is 4.37. The number of rotatable bonds is 3. The maximum Gasteiger partial charge on any atom is 0.416 e. The number of hydrogen-bond acceptors (Lipinski definition) is 1. The van der Waals surface area contributed by atoms with Crippen LogP contribution in [0.15, 0.2) is 18.2 Å². The van der Waals surface area contributed by atoms with Crippen LogP contribution in [0.25, 0.3) is 0 Å². The molecule has 1 atom stereocenters. The van der Waals surface area contributed by atoms with Gasteiger partial charge in [-0.1, -0.05) is 31.9 Å². The van der Waals surface area contributed by atoms with Crippen LogP contribution in [0.5, 0.6) is 0 Å². The molecular formula is C10H6Br2F4O. The molecule has 94 valence electrons. The summed E-state index contributed by atoms with van der Waals surface area (Å²) in [5, 5.41) is 0.226. The quantitative estimate of drug-likeness (QED) is 0.438. The van der Waals surface area contributed by atoms with E-state index in [0.717, 1.165) is 6.07 Å². The lowest BCUT2D eigenvalue weighted by molar-refractivity contribution is -0.137. The predicted octanol–water partition coefficient (Wildman–Crippen LogP) is 4.19. The second kappa shape index (κ2) is 5.48. The van der Waals surface area contributed by atoms with Crippen molar-refractivity contribution in [3.05, 3.63) is 35.1 Å². The molecule has 1 aromatic carbocycles. The molecule has 17 heavy (non-hydrogen) atoms. The zero-order valence-electron chi connectivity index (χ0n) is 8.19. The Morgan fingerprint density at radius 2 is 1.88 bits per heavy atom. The first-order valence-corrected chi connectivity index (χ1v) is 6.41. The normalized spacial score (nSPS) is 13.5. The van der Waals surface area contributed by atoms with Gasteiger partial charge in [0.25, 0.3) is 0 Å². The minimum Gasteiger partial charge on any atom is -0.293 e. The molecule has 0 fully saturated rings. The summed E-state index contributed by atoms with van der Waals surface area (Å²) in [4.78, 5) is 10.9. The molecule has 1 rings (SSSR count). The van der Waals surface area contributed by atoms with Crippen molar-refractivity contribution < 1.29 is 22.4 Å². The number of carbonyl (C=O) groups excluding carboxylic acids is 1. The number of ketones is 1. The fourth-order valence-corrected chi connectivity index (χ4v) is 1.70. The minimum atomic E-state index is -4.67. The molecule has 0 aliphatic rings. The number of hydrogen-bond donors (Lipinski definition) is 0. The largest absolute Gasteiger partial charge is 0.416 e. The van der Waals surface area contributed by atoms with Gasteiger partial charge >= 0.3 is 6.18 Å². The molecule has 0 radical (unpaired) electrons. The van der Waals surface area contributed by atoms with E-state index in [9.17, 15) is 22.4 Å². The Morgan fingerprint density at radius 3 is 2.35 bits per heavy atom. The molecule has 0 N–H and O–H groups in total. The molecule has 7 heteroatoms. The van der Waals surface area contributed by atoms with Crippen LogP contribution in [0.1, 0.15) is 15.9 Å². The molecule has 0 aliphatic carbocycles. The van der Waals surface area contributed by atoms with Crippen molar-refractivity contribution in [1.82, 2.24) is 0 Å². The number of benzene rings is 1. The van der Waals surface area contributed by atoms with Gasteiger partial charge in [0.05, 0.1) is 10.4 Å². The molecule has 0 aliphatic heterocycles. The van der Waals surface area contributed by atoms with Crippen LogP contribution < -0.4 is 0 Å². The highest BCUT2D eigenvalue weighted by atomic mass is 79.9. The van der Waals surface area contributed by atoms with Crippen molar-refractivity contribution in [2.45, 2.75) is 11.0 Å². The zero-order valence-corrected chi connectivity index (χ0v) is 11.4. The number of Topliss-reactive ketones (excluding diaryl/α,β-unsaturated/α-hetero) is 1. The molecular weight excluding hydrogens is 372 g/mol. The van der Waals surface area contributed by atoms with E-state index in [-0.39, 0.29) is 10.9 Å². The Balaban J connectivity index is 3.19. The van der Waals surface area contributed by atoms with Crippen LogP contribution in [0, 0.1) is 5.82 Å². The highest BCUT2D eigenvalue weighted by Gasteiger charge is 2.32. The molecule has 1 nitrogen and oxygen atoms in total. The van der Waals surface area contributed by atoms with Crippen molar-refractivity contribution in [2.75, 3.05) is 5.33 Å². The van der Waals surface area contributed by atoms with Crippen LogP contribution in [-0.2, 0) is 6.18 Å². The van der Waals surface area contributed by atoms with E-state index in [1.165, 1.54) is 0 Å². The summed E-state index contributed by atoms with van der Waals surface area (Å²) < 4.78 is 50.2. The topological polar surface area (TPSA) is 17.1 Å². The number of halogens is 6. The lowest BCUT2D eigenvalue weighted by Gasteiger charge is -2.10. The Bertz CT molecular complexity index is 431. The summed E-state index contributed by atoms with van der Waals surface area (Å²) >= 11 is 5.98. The van der Waals surface area contributed by atoms with Gasteiger partial charge in [0.2, 0.25) is 0 Å². The van der Waals surface area contributed by atoms with Gasteiger partial charge in [-0.3, -0.25) is 4.79 Å². The van der Waals surface area contributed by atoms with Gasteiger partial charge < -0.3 is 0 Å². The third-order valence-corrected chi connectivity index (χ3v) is 4.19. The molecule has 0 spiro atoms. The van der Waals surface area contributed by atoms with Gasteiger partial charge in [-0.05, 0) is 18.2 Å². The van der Waals surface area contributed by atoms with Crippen LogP contribution in [-0.4, -0.2) is 15.9 Å². The minimum absolute atomic E-state index is 0.226. The molecule has 0 bridgehead atoms. The zero-order chi connectivity index (χ0) is 13.2. The molecule has 0 aromatic heterocycles. The predicted molar refractivity (Wildman–Crippen MR) is 62.2 cm³/mol. The van der Waals surface area contributed by atoms with Gasteiger partial charge in [0.1, 0.15) is 5.82 Å². The second-order valence-corrected chi connectivity index (χ2v) is 4.97. The summed E-state index contributed by atoms with van der Waals surface area (Å²) in [6.07, 6.45) is -4.67. The maximum atomic E-state index is 13.0. The standard InChI is InChI=1S/C10H6Br2F4O/c11-4-8(12)9(17)5-1-6(10(14,15)16)3-7(13)2-5/h1-3,8H,4H2. The molecule has 0 heterocycles. The van der Waals surface area contributed by atoms with E-state index in [2.05, 4.69) is 31.9 Å². The SMILES string of the molecule is O=C(c1cc(F)cc(C(F)(F)F)c1)C(Br)CBr. The molecule has 1 aromatic rings. The lowest BCUT2D eigenvalue weighted by atomic mass is 10.1. The number of alkyl halides is 5. The van der Waals surface area contributed by atoms with Crippen LogP contribution in [0.4, 0.5) is 17.6 Å². The Hall–Kier alpha value is -0.430. The summed E-state index contributed by atoms with van der Waals surface area (Å²) in [5.74, 6) is -1.69. The first-order chi connectivity index (χ1) is 7.75. The Morgan fingerprint density at radius 1 is 1.29 bits per heavy atom. The van der Waals surface area contributed by atoms with Gasteiger partial charge in [-0.2, -0.15) is 13.2 Å². The first kappa shape index (κ1) is 14.6. The average molecular weight is 378 g/mol. The second-order valence-electron chi connectivity index (χ2n) is 3.21. The van der Waals surface area contributed by atoms with Crippen molar-refractivity contribution in [3.63, 3.8) is 0 Å². The Kier molecular flexibility index (Phi) is 4.71. The lowest BCUT2D eigenvalue weighted by Crippen LogP contribution is -2.17. The highest BCUT2D eigenvalue weighted by molar-refractivity contribution is 9.12. The third-order valence-electron chi connectivity index (χ3n) is 1.93. The summed E-state index contributed by atoms with van der Waals surface area (Å²) in [6, 6.07) is 1.78. The monoisotopic (exact) mass is 376 g/mol. The number of carbonyl (C=O) groups is 1. The van der Waals surface area contributed by atoms with Gasteiger partial charge in [-0.15, -0.1) is 0 Å². The van der Waals surface area contributed by atoms with Gasteiger partial charge in [0, 0.05) is 10.9 Å². The summed E-state index contributed by atoms with van der Waals surface area (Å²) in [5.41, 5.74) is -1.48. The van der Waals surface area contributed by atoms with E-state index in [4.69, 9.17) is 0 Å². The van der Waals surface area contributed by atoms with E-state index in [1.54, 1.807) is 0 Å². The molecule has 0 amide bonds. The summed E-state index contributed by atoms with van der Waals surface area (Å²) in [7, 11) is 0. The van der Waals surface area contributed by atoms with E-state index < -0.39 is 28.2 Å². The van der Waals surface area contributed by atoms with Gasteiger partial charge in [-0.25, -0.2) is 4.39 Å². The fourth-order valence-electron chi connectivity index (χ4n) is 1.15. The molecule has 0 saturated heterocycles. The van der Waals surface area contributed by atoms with E-state index in [1.807, 2.05) is 0 Å². The van der Waals surface area contributed by atoms with Crippen LogP contribution >= 0.6 is 31.9 Å². The molecule has 0 saturated carbocycles. The third kappa shape index (κ3) is 3.77. The highest BCUT2D eigenvalue weighted by Crippen LogP contribution is 2.31. The van der Waals surface area contributed by atoms with E-state index in [0.29, 0.717) is 12.1 Å². The van der Waals surface area contributed by atoms with E-state index >= 15 is 0 Å². The average Bonchev–Trinajstić information content (AvgIpc) is 2.25. The smallest absolute Gasteiger partial charge is 0.293 e. The molecule has 1 unspecified atom stereocenters. The van der Waals surface area contributed by atoms with Crippen LogP contribution in [0.2, 0.25) is 0 Å². The van der Waals surface area contributed by atoms with Crippen molar-refractivity contribution in [3.8, 4) is 0 Å². The summed E-state index contributed by atoms with van der Waals surface area (Å²) in [6.45, 7) is 0. The van der Waals surface area contributed by atoms with Crippen LogP contribution in [0.3, 0.4) is 0 Å². The van der Waals surface area contributed by atoms with Crippen molar-refractivity contribution in [2.24, 2.45) is 0 Å². The Labute approximate surface area is 111 Å². The van der Waals surface area contributed by atoms with Gasteiger partial charge in [0.15, 0.2) is 5.78 Å². The van der Waals surface area contributed by atoms with Crippen molar-refractivity contribution >= 4 is 37.6 Å². The fraction of sp³-hybridized carbons (Fsp3) is 0.300. The van der Waals surface area contributed by atoms with Crippen molar-refractivity contribution in [1.29, 1.82) is 0 Å². The maximum absolute atomic E-state index is 13.0.